The van der Waals surface area contributed by atoms with Crippen molar-refractivity contribution in [2.45, 2.75) is 13.0 Å². The van der Waals surface area contributed by atoms with Gasteiger partial charge in [-0.2, -0.15) is 0 Å². The van der Waals surface area contributed by atoms with Crippen LogP contribution in [0.4, 0.5) is 10.5 Å². The maximum absolute atomic E-state index is 12.3. The number of amides is 2. The number of anilines is 1. The maximum Gasteiger partial charge on any atom is 0.322 e. The third kappa shape index (κ3) is 2.80. The van der Waals surface area contributed by atoms with Gasteiger partial charge in [0.15, 0.2) is 0 Å². The number of aromatic nitrogens is 2. The minimum absolute atomic E-state index is 0.156. The summed E-state index contributed by atoms with van der Waals surface area (Å²) in [4.78, 5) is 21.3. The summed E-state index contributed by atoms with van der Waals surface area (Å²) in [6.07, 6.45) is 2.42. The Morgan fingerprint density at radius 1 is 1.52 bits per heavy atom. The molecular formula is C14H15ClN4O2. The smallest absolute Gasteiger partial charge is 0.322 e. The van der Waals surface area contributed by atoms with Crippen molar-refractivity contribution in [1.29, 1.82) is 0 Å². The number of benzene rings is 1. The van der Waals surface area contributed by atoms with Crippen LogP contribution in [0.3, 0.4) is 0 Å². The van der Waals surface area contributed by atoms with Gasteiger partial charge in [-0.15, -0.1) is 0 Å². The molecule has 0 aliphatic carbocycles. The average molecular weight is 307 g/mol. The van der Waals surface area contributed by atoms with Crippen molar-refractivity contribution >= 4 is 23.3 Å². The Morgan fingerprint density at radius 3 is 3.14 bits per heavy atom. The van der Waals surface area contributed by atoms with Crippen LogP contribution in [-0.4, -0.2) is 34.6 Å². The number of methoxy groups -OCH3 is 1. The Kier molecular flexibility index (Phi) is 3.70. The molecule has 6 nitrogen and oxygen atoms in total. The van der Waals surface area contributed by atoms with E-state index in [1.807, 2.05) is 0 Å². The zero-order chi connectivity index (χ0) is 14.8. The largest absolute Gasteiger partial charge is 0.495 e. The molecule has 1 aromatic heterocycles. The first-order valence-corrected chi connectivity index (χ1v) is 6.96. The van der Waals surface area contributed by atoms with Gasteiger partial charge in [0.05, 0.1) is 36.4 Å². The highest BCUT2D eigenvalue weighted by Gasteiger charge is 2.22. The number of nitrogens with one attached hydrogen (secondary N) is 2. The van der Waals surface area contributed by atoms with Gasteiger partial charge < -0.3 is 19.9 Å². The minimum Gasteiger partial charge on any atom is -0.495 e. The second-order valence-electron chi connectivity index (χ2n) is 4.78. The number of ether oxygens (including phenoxy) is 1. The van der Waals surface area contributed by atoms with E-state index in [2.05, 4.69) is 15.3 Å². The van der Waals surface area contributed by atoms with E-state index in [0.29, 0.717) is 29.5 Å². The number of aromatic amines is 1. The van der Waals surface area contributed by atoms with E-state index in [1.165, 1.54) is 0 Å². The molecule has 1 aliphatic heterocycles. The lowest BCUT2D eigenvalue weighted by atomic mass is 10.1. The summed E-state index contributed by atoms with van der Waals surface area (Å²) in [6, 6.07) is 5.00. The van der Waals surface area contributed by atoms with Gasteiger partial charge in [-0.3, -0.25) is 0 Å². The van der Waals surface area contributed by atoms with Crippen molar-refractivity contribution in [3.8, 4) is 5.75 Å². The number of halogens is 1. The molecule has 0 radical (unpaired) electrons. The fourth-order valence-electron chi connectivity index (χ4n) is 2.33. The normalized spacial score (nSPS) is 13.7. The summed E-state index contributed by atoms with van der Waals surface area (Å²) in [5.74, 6) is 0.578. The predicted molar refractivity (Wildman–Crippen MR) is 79.7 cm³/mol. The van der Waals surface area contributed by atoms with Gasteiger partial charge >= 0.3 is 6.03 Å². The number of urea groups is 1. The highest BCUT2D eigenvalue weighted by molar-refractivity contribution is 6.32. The first kappa shape index (κ1) is 13.8. The predicted octanol–water partition coefficient (Wildman–Crippen LogP) is 2.66. The molecule has 0 atom stereocenters. The summed E-state index contributed by atoms with van der Waals surface area (Å²) < 4.78 is 5.09. The van der Waals surface area contributed by atoms with Crippen molar-refractivity contribution in [3.05, 3.63) is 40.9 Å². The van der Waals surface area contributed by atoms with Crippen molar-refractivity contribution in [3.63, 3.8) is 0 Å². The summed E-state index contributed by atoms with van der Waals surface area (Å²) in [5.41, 5.74) is 2.66. The van der Waals surface area contributed by atoms with Crippen molar-refractivity contribution in [1.82, 2.24) is 14.9 Å². The van der Waals surface area contributed by atoms with E-state index in [9.17, 15) is 4.79 Å². The van der Waals surface area contributed by atoms with E-state index in [-0.39, 0.29) is 6.03 Å². The lowest BCUT2D eigenvalue weighted by Gasteiger charge is -2.26. The number of carbonyl (C=O) groups excluding carboxylic acids is 1. The first-order valence-electron chi connectivity index (χ1n) is 6.58. The Labute approximate surface area is 127 Å². The fourth-order valence-corrected chi connectivity index (χ4v) is 2.59. The highest BCUT2D eigenvalue weighted by atomic mass is 35.5. The Morgan fingerprint density at radius 2 is 2.38 bits per heavy atom. The molecule has 2 amide bonds. The van der Waals surface area contributed by atoms with E-state index in [4.69, 9.17) is 16.3 Å². The number of rotatable bonds is 2. The van der Waals surface area contributed by atoms with E-state index >= 15 is 0 Å². The molecule has 0 unspecified atom stereocenters. The van der Waals surface area contributed by atoms with Crippen LogP contribution in [0.15, 0.2) is 24.5 Å². The first-order chi connectivity index (χ1) is 10.2. The fraction of sp³-hybridized carbons (Fsp3) is 0.286. The van der Waals surface area contributed by atoms with Crippen LogP contribution in [0.25, 0.3) is 0 Å². The Balaban J connectivity index is 1.68. The van der Waals surface area contributed by atoms with Crippen LogP contribution in [-0.2, 0) is 13.0 Å². The third-order valence-electron chi connectivity index (χ3n) is 3.47. The highest BCUT2D eigenvalue weighted by Crippen LogP contribution is 2.27. The van der Waals surface area contributed by atoms with Crippen molar-refractivity contribution < 1.29 is 9.53 Å². The number of hydrogen-bond donors (Lipinski definition) is 2. The molecule has 1 aliphatic rings. The number of fused-ring (bicyclic) bond motifs is 1. The average Bonchev–Trinajstić information content (AvgIpc) is 2.94. The lowest BCUT2D eigenvalue weighted by molar-refractivity contribution is 0.205. The Bertz CT molecular complexity index is 671. The van der Waals surface area contributed by atoms with Crippen LogP contribution in [0.1, 0.15) is 11.4 Å². The molecule has 2 N–H and O–H groups in total. The number of hydrogen-bond acceptors (Lipinski definition) is 3. The maximum atomic E-state index is 12.3. The Hall–Kier alpha value is -2.21. The molecule has 2 heterocycles. The van der Waals surface area contributed by atoms with E-state index in [1.54, 1.807) is 36.5 Å². The quantitative estimate of drug-likeness (QED) is 0.896. The van der Waals surface area contributed by atoms with Gasteiger partial charge in [0.2, 0.25) is 0 Å². The molecule has 7 heteroatoms. The zero-order valence-corrected chi connectivity index (χ0v) is 12.3. The van der Waals surface area contributed by atoms with Gasteiger partial charge in [-0.25, -0.2) is 9.78 Å². The molecule has 21 heavy (non-hydrogen) atoms. The second-order valence-corrected chi connectivity index (χ2v) is 5.19. The molecule has 0 spiro atoms. The summed E-state index contributed by atoms with van der Waals surface area (Å²) in [7, 11) is 1.55. The molecule has 1 aromatic carbocycles. The van der Waals surface area contributed by atoms with Crippen molar-refractivity contribution in [2.24, 2.45) is 0 Å². The summed E-state index contributed by atoms with van der Waals surface area (Å²) in [5, 5.41) is 3.30. The molecule has 0 saturated carbocycles. The number of imidazole rings is 1. The van der Waals surface area contributed by atoms with Crippen LogP contribution < -0.4 is 10.1 Å². The lowest BCUT2D eigenvalue weighted by Crippen LogP contribution is -2.38. The van der Waals surface area contributed by atoms with E-state index in [0.717, 1.165) is 17.8 Å². The molecule has 0 fully saturated rings. The molecule has 3 rings (SSSR count). The SMILES string of the molecule is COc1ccc(NC(=O)N2CCc3nc[nH]c3C2)cc1Cl. The number of carbonyl (C=O) groups is 1. The van der Waals surface area contributed by atoms with Gasteiger partial charge in [0, 0.05) is 18.7 Å². The monoisotopic (exact) mass is 306 g/mol. The van der Waals surface area contributed by atoms with Crippen molar-refractivity contribution in [2.75, 3.05) is 19.0 Å². The van der Waals surface area contributed by atoms with Gasteiger partial charge in [-0.05, 0) is 18.2 Å². The van der Waals surface area contributed by atoms with Gasteiger partial charge in [0.25, 0.3) is 0 Å². The third-order valence-corrected chi connectivity index (χ3v) is 3.76. The molecule has 0 saturated heterocycles. The van der Waals surface area contributed by atoms with Crippen LogP contribution in [0, 0.1) is 0 Å². The topological polar surface area (TPSA) is 70.2 Å². The van der Waals surface area contributed by atoms with Crippen LogP contribution in [0.2, 0.25) is 5.02 Å². The number of nitrogens with zero attached hydrogens (tertiary/aromatic N) is 2. The molecule has 2 aromatic rings. The standard InChI is InChI=1S/C14H15ClN4O2/c1-21-13-3-2-9(6-10(13)15)18-14(20)19-5-4-11-12(7-19)17-8-16-11/h2-3,6,8H,4-5,7H2,1H3,(H,16,17)(H,18,20). The van der Waals surface area contributed by atoms with E-state index < -0.39 is 0 Å². The van der Waals surface area contributed by atoms with Crippen LogP contribution >= 0.6 is 11.6 Å². The summed E-state index contributed by atoms with van der Waals surface area (Å²) >= 11 is 6.05. The molecule has 110 valence electrons. The zero-order valence-electron chi connectivity index (χ0n) is 11.5. The van der Waals surface area contributed by atoms with Crippen LogP contribution in [0.5, 0.6) is 5.75 Å². The van der Waals surface area contributed by atoms with Gasteiger partial charge in [-0.1, -0.05) is 11.6 Å². The summed E-state index contributed by atoms with van der Waals surface area (Å²) in [6.45, 7) is 1.18. The second kappa shape index (κ2) is 5.65. The molecule has 0 bridgehead atoms. The van der Waals surface area contributed by atoms with Gasteiger partial charge in [0.1, 0.15) is 5.75 Å². The molecular weight excluding hydrogens is 292 g/mol. The minimum atomic E-state index is -0.156. The number of H-pyrrole nitrogens is 1.